The van der Waals surface area contributed by atoms with Crippen molar-refractivity contribution in [3.05, 3.63) is 43.0 Å². The van der Waals surface area contributed by atoms with Gasteiger partial charge in [0.25, 0.3) is 0 Å². The van der Waals surface area contributed by atoms with E-state index in [9.17, 15) is 4.39 Å². The van der Waals surface area contributed by atoms with Gasteiger partial charge in [-0.2, -0.15) is 0 Å². The van der Waals surface area contributed by atoms with E-state index in [4.69, 9.17) is 9.97 Å². The van der Waals surface area contributed by atoms with Crippen LogP contribution in [0, 0.1) is 5.41 Å². The number of fused-ring (bicyclic) bond motifs is 1. The summed E-state index contributed by atoms with van der Waals surface area (Å²) in [5, 5.41) is 1.05. The van der Waals surface area contributed by atoms with Crippen molar-refractivity contribution in [1.29, 1.82) is 0 Å². The number of piperidine rings is 1. The van der Waals surface area contributed by atoms with Gasteiger partial charge >= 0.3 is 0 Å². The molecule has 5 rings (SSSR count). The molecule has 2 fully saturated rings. The summed E-state index contributed by atoms with van der Waals surface area (Å²) in [6.45, 7) is 4.86. The van der Waals surface area contributed by atoms with Crippen LogP contribution in [0.5, 0.6) is 0 Å². The summed E-state index contributed by atoms with van der Waals surface area (Å²) >= 11 is 0. The number of likely N-dealkylation sites (tertiary alicyclic amines) is 1. The van der Waals surface area contributed by atoms with Crippen molar-refractivity contribution in [1.82, 2.24) is 24.8 Å². The van der Waals surface area contributed by atoms with E-state index >= 15 is 0 Å². The number of halogens is 1. The van der Waals surface area contributed by atoms with Crippen LogP contribution in [0.1, 0.15) is 25.7 Å². The molecule has 0 atom stereocenters. The van der Waals surface area contributed by atoms with Gasteiger partial charge in [0.05, 0.1) is 18.4 Å². The number of alkyl halides is 1. The van der Waals surface area contributed by atoms with Crippen LogP contribution in [0.3, 0.4) is 0 Å². The first-order valence-corrected chi connectivity index (χ1v) is 10.8. The molecule has 0 bridgehead atoms. The molecular formula is C23H27FN6. The third kappa shape index (κ3) is 3.74. The molecule has 5 heterocycles. The van der Waals surface area contributed by atoms with Gasteiger partial charge in [-0.1, -0.05) is 0 Å². The minimum absolute atomic E-state index is 0.216. The molecule has 156 valence electrons. The summed E-state index contributed by atoms with van der Waals surface area (Å²) in [6.07, 6.45) is 11.4. The third-order valence-corrected chi connectivity index (χ3v) is 6.67. The quantitative estimate of drug-likeness (QED) is 0.643. The van der Waals surface area contributed by atoms with Crippen molar-refractivity contribution in [2.24, 2.45) is 5.41 Å². The average Bonchev–Trinajstić information content (AvgIpc) is 3.20. The van der Waals surface area contributed by atoms with Gasteiger partial charge in [0.1, 0.15) is 5.82 Å². The first-order valence-electron chi connectivity index (χ1n) is 10.8. The fourth-order valence-electron chi connectivity index (χ4n) is 4.94. The maximum atomic E-state index is 12.5. The van der Waals surface area contributed by atoms with Gasteiger partial charge < -0.3 is 9.80 Å². The van der Waals surface area contributed by atoms with E-state index in [1.54, 1.807) is 12.4 Å². The van der Waals surface area contributed by atoms with Gasteiger partial charge in [0.2, 0.25) is 0 Å². The van der Waals surface area contributed by atoms with Gasteiger partial charge in [-0.25, -0.2) is 9.97 Å². The second-order valence-corrected chi connectivity index (χ2v) is 8.56. The fraction of sp³-hybridized carbons (Fsp3) is 0.478. The SMILES string of the molecule is FCCCN1CCC2(CCN(c3nc(-c4ccncc4)nc4cnccc34)CC2)C1. The normalized spacial score (nSPS) is 19.0. The Morgan fingerprint density at radius 3 is 2.50 bits per heavy atom. The molecule has 3 aromatic heterocycles. The first-order chi connectivity index (χ1) is 14.8. The molecule has 0 unspecified atom stereocenters. The van der Waals surface area contributed by atoms with E-state index in [1.807, 2.05) is 30.6 Å². The highest BCUT2D eigenvalue weighted by Crippen LogP contribution is 2.42. The van der Waals surface area contributed by atoms with E-state index in [0.717, 1.165) is 67.8 Å². The Bertz CT molecular complexity index is 1000. The number of anilines is 1. The molecular weight excluding hydrogens is 379 g/mol. The Morgan fingerprint density at radius 1 is 0.933 bits per heavy atom. The molecule has 7 heteroatoms. The summed E-state index contributed by atoms with van der Waals surface area (Å²) in [7, 11) is 0. The number of hydrogen-bond acceptors (Lipinski definition) is 6. The van der Waals surface area contributed by atoms with Gasteiger partial charge in [-0.15, -0.1) is 0 Å². The summed E-state index contributed by atoms with van der Waals surface area (Å²) in [6, 6.07) is 5.90. The lowest BCUT2D eigenvalue weighted by molar-refractivity contribution is 0.205. The standard InChI is InChI=1S/C23H27FN6/c24-8-1-12-29-13-5-23(17-29)6-14-30(15-7-23)22-19-4-11-26-16-20(19)27-21(28-22)18-2-9-25-10-3-18/h2-4,9-11,16H,1,5-8,12-15,17H2. The van der Waals surface area contributed by atoms with Crippen LogP contribution < -0.4 is 4.90 Å². The molecule has 0 amide bonds. The minimum atomic E-state index is -0.216. The maximum Gasteiger partial charge on any atom is 0.162 e. The van der Waals surface area contributed by atoms with Crippen molar-refractivity contribution < 1.29 is 4.39 Å². The molecule has 2 aliphatic rings. The Labute approximate surface area is 176 Å². The molecule has 0 aliphatic carbocycles. The van der Waals surface area contributed by atoms with Gasteiger partial charge in [0, 0.05) is 55.7 Å². The largest absolute Gasteiger partial charge is 0.356 e. The highest BCUT2D eigenvalue weighted by atomic mass is 19.1. The van der Waals surface area contributed by atoms with Crippen molar-refractivity contribution in [2.75, 3.05) is 44.3 Å². The van der Waals surface area contributed by atoms with E-state index in [0.29, 0.717) is 17.7 Å². The molecule has 0 saturated carbocycles. The number of aromatic nitrogens is 4. The monoisotopic (exact) mass is 406 g/mol. The highest BCUT2D eigenvalue weighted by molar-refractivity contribution is 5.90. The zero-order valence-corrected chi connectivity index (χ0v) is 17.2. The lowest BCUT2D eigenvalue weighted by Crippen LogP contribution is -2.42. The van der Waals surface area contributed by atoms with Gasteiger partial charge in [-0.05, 0) is 55.8 Å². The Balaban J connectivity index is 1.39. The van der Waals surface area contributed by atoms with E-state index < -0.39 is 0 Å². The van der Waals surface area contributed by atoms with E-state index in [-0.39, 0.29) is 6.67 Å². The van der Waals surface area contributed by atoms with Crippen molar-refractivity contribution in [2.45, 2.75) is 25.7 Å². The molecule has 2 aliphatic heterocycles. The zero-order valence-electron chi connectivity index (χ0n) is 17.2. The summed E-state index contributed by atoms with van der Waals surface area (Å²) in [4.78, 5) is 23.0. The van der Waals surface area contributed by atoms with Crippen LogP contribution >= 0.6 is 0 Å². The van der Waals surface area contributed by atoms with E-state index in [2.05, 4.69) is 19.8 Å². The molecule has 0 aromatic carbocycles. The minimum Gasteiger partial charge on any atom is -0.356 e. The number of rotatable bonds is 5. The third-order valence-electron chi connectivity index (χ3n) is 6.67. The molecule has 3 aromatic rings. The second-order valence-electron chi connectivity index (χ2n) is 8.56. The fourth-order valence-corrected chi connectivity index (χ4v) is 4.94. The zero-order chi connectivity index (χ0) is 20.4. The lowest BCUT2D eigenvalue weighted by Gasteiger charge is -2.40. The lowest BCUT2D eigenvalue weighted by atomic mass is 9.77. The van der Waals surface area contributed by atoms with Crippen LogP contribution in [0.4, 0.5) is 10.2 Å². The molecule has 2 saturated heterocycles. The Kier molecular flexibility index (Phi) is 5.29. The summed E-state index contributed by atoms with van der Waals surface area (Å²) in [5.74, 6) is 1.71. The van der Waals surface area contributed by atoms with Gasteiger partial charge in [-0.3, -0.25) is 14.4 Å². The Morgan fingerprint density at radius 2 is 1.70 bits per heavy atom. The molecule has 0 N–H and O–H groups in total. The van der Waals surface area contributed by atoms with Crippen LogP contribution in [0.2, 0.25) is 0 Å². The van der Waals surface area contributed by atoms with Crippen molar-refractivity contribution in [3.8, 4) is 11.4 Å². The second kappa shape index (κ2) is 8.22. The van der Waals surface area contributed by atoms with Crippen molar-refractivity contribution in [3.63, 3.8) is 0 Å². The van der Waals surface area contributed by atoms with E-state index in [1.165, 1.54) is 6.42 Å². The highest BCUT2D eigenvalue weighted by Gasteiger charge is 2.40. The average molecular weight is 407 g/mol. The number of nitrogens with zero attached hydrogens (tertiary/aromatic N) is 6. The predicted molar refractivity (Wildman–Crippen MR) is 116 cm³/mol. The smallest absolute Gasteiger partial charge is 0.162 e. The first kappa shape index (κ1) is 19.3. The summed E-state index contributed by atoms with van der Waals surface area (Å²) in [5.41, 5.74) is 2.21. The van der Waals surface area contributed by atoms with Crippen LogP contribution in [0.15, 0.2) is 43.0 Å². The van der Waals surface area contributed by atoms with Crippen LogP contribution in [-0.4, -0.2) is 64.2 Å². The van der Waals surface area contributed by atoms with Crippen LogP contribution in [0.25, 0.3) is 22.3 Å². The Hall–Kier alpha value is -2.67. The summed E-state index contributed by atoms with van der Waals surface area (Å²) < 4.78 is 12.5. The van der Waals surface area contributed by atoms with Gasteiger partial charge in [0.15, 0.2) is 5.82 Å². The van der Waals surface area contributed by atoms with Crippen LogP contribution in [-0.2, 0) is 0 Å². The number of hydrogen-bond donors (Lipinski definition) is 0. The maximum absolute atomic E-state index is 12.5. The molecule has 0 radical (unpaired) electrons. The molecule has 30 heavy (non-hydrogen) atoms. The van der Waals surface area contributed by atoms with Crippen molar-refractivity contribution >= 4 is 16.7 Å². The number of pyridine rings is 2. The predicted octanol–water partition coefficient (Wildman–Crippen LogP) is 3.74. The molecule has 1 spiro atoms. The topological polar surface area (TPSA) is 58.0 Å². The molecule has 6 nitrogen and oxygen atoms in total.